The fourth-order valence-corrected chi connectivity index (χ4v) is 2.99. The molecule has 0 fully saturated rings. The van der Waals surface area contributed by atoms with Crippen LogP contribution in [0.2, 0.25) is 5.02 Å². The lowest BCUT2D eigenvalue weighted by Crippen LogP contribution is -2.14. The minimum Gasteiger partial charge on any atom is -0.471 e. The first-order valence-corrected chi connectivity index (χ1v) is 9.53. The zero-order chi connectivity index (χ0) is 21.8. The van der Waals surface area contributed by atoms with Gasteiger partial charge in [-0.1, -0.05) is 17.7 Å². The van der Waals surface area contributed by atoms with Gasteiger partial charge >= 0.3 is 0 Å². The van der Waals surface area contributed by atoms with E-state index in [2.05, 4.69) is 15.5 Å². The second-order valence-corrected chi connectivity index (χ2v) is 6.99. The van der Waals surface area contributed by atoms with Crippen LogP contribution in [0.15, 0.2) is 67.1 Å². The van der Waals surface area contributed by atoms with Gasteiger partial charge in [0.1, 0.15) is 17.4 Å². The average molecular weight is 444 g/mol. The third-order valence-corrected chi connectivity index (χ3v) is 4.64. The maximum Gasteiger partial charge on any atom is 0.276 e. The van der Waals surface area contributed by atoms with Crippen LogP contribution in [-0.2, 0) is 13.3 Å². The number of rotatable bonds is 7. The highest BCUT2D eigenvalue weighted by Crippen LogP contribution is 2.19. The van der Waals surface area contributed by atoms with Crippen molar-refractivity contribution in [1.29, 1.82) is 0 Å². The molecular weight excluding hydrogens is 428 g/mol. The van der Waals surface area contributed by atoms with Crippen LogP contribution < -0.4 is 10.1 Å². The molecule has 7 nitrogen and oxygen atoms in total. The number of ether oxygens (including phenoxy) is 1. The molecule has 0 bridgehead atoms. The van der Waals surface area contributed by atoms with Crippen LogP contribution >= 0.6 is 11.6 Å². The molecule has 0 aliphatic carbocycles. The molecule has 1 N–H and O–H groups in total. The highest BCUT2D eigenvalue weighted by molar-refractivity contribution is 6.31. The van der Waals surface area contributed by atoms with Crippen LogP contribution in [0.4, 0.5) is 14.5 Å². The highest BCUT2D eigenvalue weighted by Gasteiger charge is 2.12. The first kappa shape index (κ1) is 20.5. The summed E-state index contributed by atoms with van der Waals surface area (Å²) in [6.45, 7) is 0.389. The van der Waals surface area contributed by atoms with E-state index in [0.717, 1.165) is 0 Å². The Labute approximate surface area is 180 Å². The van der Waals surface area contributed by atoms with Gasteiger partial charge in [0, 0.05) is 17.4 Å². The predicted octanol–water partition coefficient (Wildman–Crippen LogP) is 4.35. The summed E-state index contributed by atoms with van der Waals surface area (Å²) in [7, 11) is 0. The van der Waals surface area contributed by atoms with Gasteiger partial charge < -0.3 is 10.1 Å². The van der Waals surface area contributed by atoms with E-state index in [1.54, 1.807) is 29.2 Å². The van der Waals surface area contributed by atoms with Crippen molar-refractivity contribution < 1.29 is 18.3 Å². The van der Waals surface area contributed by atoms with Gasteiger partial charge in [-0.15, -0.1) is 0 Å². The number of hydrogen-bond acceptors (Lipinski definition) is 4. The van der Waals surface area contributed by atoms with Gasteiger partial charge in [0.15, 0.2) is 12.4 Å². The van der Waals surface area contributed by atoms with Crippen molar-refractivity contribution in [3.63, 3.8) is 0 Å². The van der Waals surface area contributed by atoms with Crippen LogP contribution in [0, 0.1) is 11.6 Å². The van der Waals surface area contributed by atoms with Gasteiger partial charge in [0.2, 0.25) is 0 Å². The lowest BCUT2D eigenvalue weighted by molar-refractivity contribution is 0.102. The van der Waals surface area contributed by atoms with Gasteiger partial charge in [0.25, 0.3) is 5.91 Å². The van der Waals surface area contributed by atoms with Crippen molar-refractivity contribution >= 4 is 23.2 Å². The Morgan fingerprint density at radius 2 is 1.84 bits per heavy atom. The van der Waals surface area contributed by atoms with Crippen molar-refractivity contribution in [3.05, 3.63) is 95.0 Å². The van der Waals surface area contributed by atoms with Gasteiger partial charge in [-0.25, -0.2) is 13.5 Å². The Balaban J connectivity index is 1.34. The topological polar surface area (TPSA) is 74.0 Å². The van der Waals surface area contributed by atoms with Crippen LogP contribution in [0.1, 0.15) is 16.1 Å². The number of amides is 1. The third kappa shape index (κ3) is 5.26. The normalized spacial score (nSPS) is 10.8. The van der Waals surface area contributed by atoms with Crippen LogP contribution in [-0.4, -0.2) is 25.5 Å². The van der Waals surface area contributed by atoms with E-state index in [0.29, 0.717) is 28.6 Å². The first-order valence-electron chi connectivity index (χ1n) is 9.16. The van der Waals surface area contributed by atoms with Crippen molar-refractivity contribution in [2.75, 3.05) is 5.32 Å². The van der Waals surface area contributed by atoms with Crippen molar-refractivity contribution in [2.24, 2.45) is 0 Å². The fraction of sp³-hybridized carbons (Fsp3) is 0.0952. The molecule has 0 saturated carbocycles. The van der Waals surface area contributed by atoms with Crippen molar-refractivity contribution in [1.82, 2.24) is 19.6 Å². The largest absolute Gasteiger partial charge is 0.471 e. The second kappa shape index (κ2) is 8.97. The Morgan fingerprint density at radius 1 is 1.06 bits per heavy atom. The van der Waals surface area contributed by atoms with Crippen LogP contribution in [0.25, 0.3) is 0 Å². The summed E-state index contributed by atoms with van der Waals surface area (Å²) in [4.78, 5) is 12.4. The third-order valence-electron chi connectivity index (χ3n) is 4.29. The highest BCUT2D eigenvalue weighted by atomic mass is 35.5. The van der Waals surface area contributed by atoms with Crippen molar-refractivity contribution in [2.45, 2.75) is 13.3 Å². The van der Waals surface area contributed by atoms with Gasteiger partial charge in [0.05, 0.1) is 18.4 Å². The number of halogens is 3. The zero-order valence-electron chi connectivity index (χ0n) is 16.0. The quantitative estimate of drug-likeness (QED) is 0.461. The predicted molar refractivity (Wildman–Crippen MR) is 110 cm³/mol. The Morgan fingerprint density at radius 3 is 2.61 bits per heavy atom. The monoisotopic (exact) mass is 443 g/mol. The van der Waals surface area contributed by atoms with Gasteiger partial charge in [-0.2, -0.15) is 10.2 Å². The molecule has 0 radical (unpaired) electrons. The molecule has 0 aliphatic rings. The van der Waals surface area contributed by atoms with Crippen LogP contribution in [0.3, 0.4) is 0 Å². The number of anilines is 1. The summed E-state index contributed by atoms with van der Waals surface area (Å²) >= 11 is 6.04. The molecule has 0 spiro atoms. The minimum absolute atomic E-state index is 0.0648. The van der Waals surface area contributed by atoms with E-state index in [9.17, 15) is 13.6 Å². The number of carbonyl (C=O) groups is 1. The summed E-state index contributed by atoms with van der Waals surface area (Å²) in [5, 5.41) is 11.3. The number of nitrogens with zero attached hydrogens (tertiary/aromatic N) is 4. The second-order valence-electron chi connectivity index (χ2n) is 6.58. The fourth-order valence-electron chi connectivity index (χ4n) is 2.76. The van der Waals surface area contributed by atoms with Gasteiger partial charge in [-0.3, -0.25) is 9.48 Å². The summed E-state index contributed by atoms with van der Waals surface area (Å²) in [5.41, 5.74) is 1.36. The van der Waals surface area contributed by atoms with E-state index < -0.39 is 11.7 Å². The molecule has 4 aromatic rings. The SMILES string of the molecule is O=C(Nc1cnn(Cc2ccc(F)cc2Cl)c1)c1ccn(COc2ccc(F)cc2)n1. The molecule has 10 heteroatoms. The molecule has 0 saturated heterocycles. The summed E-state index contributed by atoms with van der Waals surface area (Å²) < 4.78 is 34.6. The summed E-state index contributed by atoms with van der Waals surface area (Å²) in [6.07, 6.45) is 4.72. The minimum atomic E-state index is -0.417. The van der Waals surface area contributed by atoms with E-state index >= 15 is 0 Å². The smallest absolute Gasteiger partial charge is 0.276 e. The molecule has 0 unspecified atom stereocenters. The lowest BCUT2D eigenvalue weighted by atomic mass is 10.2. The lowest BCUT2D eigenvalue weighted by Gasteiger charge is -2.06. The molecule has 31 heavy (non-hydrogen) atoms. The average Bonchev–Trinajstić information content (AvgIpc) is 3.39. The van der Waals surface area contributed by atoms with E-state index in [1.807, 2.05) is 0 Å². The van der Waals surface area contributed by atoms with Crippen LogP contribution in [0.5, 0.6) is 5.75 Å². The summed E-state index contributed by atoms with van der Waals surface area (Å²) in [6, 6.07) is 11.3. The molecule has 2 aromatic heterocycles. The summed E-state index contributed by atoms with van der Waals surface area (Å²) in [5.74, 6) is -0.698. The molecule has 2 aromatic carbocycles. The van der Waals surface area contributed by atoms with E-state index in [-0.39, 0.29) is 18.2 Å². The molecule has 0 atom stereocenters. The zero-order valence-corrected chi connectivity index (χ0v) is 16.8. The first-order chi connectivity index (χ1) is 15.0. The number of hydrogen-bond donors (Lipinski definition) is 1. The Kier molecular flexibility index (Phi) is 5.94. The van der Waals surface area contributed by atoms with Gasteiger partial charge in [-0.05, 0) is 48.0 Å². The molecule has 4 rings (SSSR count). The molecule has 1 amide bonds. The van der Waals surface area contributed by atoms with E-state index in [1.165, 1.54) is 47.3 Å². The number of carbonyl (C=O) groups excluding carboxylic acids is 1. The van der Waals surface area contributed by atoms with Crippen molar-refractivity contribution in [3.8, 4) is 5.75 Å². The Bertz CT molecular complexity index is 1210. The number of aromatic nitrogens is 4. The number of benzene rings is 2. The molecule has 0 aliphatic heterocycles. The van der Waals surface area contributed by atoms with E-state index in [4.69, 9.17) is 16.3 Å². The molecule has 158 valence electrons. The maximum absolute atomic E-state index is 13.2. The Hall–Kier alpha value is -3.72. The standard InChI is InChI=1S/C21H16ClF2N5O2/c22-19-9-16(24)2-1-14(19)11-29-12-17(10-25-29)26-21(30)20-7-8-28(27-20)13-31-18-5-3-15(23)4-6-18/h1-10,12H,11,13H2,(H,26,30). The number of nitrogens with one attached hydrogen (secondary N) is 1. The molecular formula is C21H16ClF2N5O2. The maximum atomic E-state index is 13.2. The molecule has 2 heterocycles.